The number of carbonyl (C=O) groups excluding carboxylic acids is 1. The van der Waals surface area contributed by atoms with Gasteiger partial charge in [0.05, 0.1) is 36.5 Å². The molecule has 8 heteroatoms. The first-order chi connectivity index (χ1) is 19.5. The standard InChI is InChI=1S/C32H36FN5O2/c1-21(2)17-30(26-5-3-4-6-28(26)33)34-32(39)23-9-12-29-27(18-23)31(36-35-29)22-7-10-24(11-8-22)37-13-15-38(16-14-37)25-19-40-20-25/h3-12,18,21,25,30H,13-17,19-20H2,1-2H3,(H,34,39)(H,35,36)/t30-/m0/s1. The number of nitrogens with one attached hydrogen (secondary N) is 2. The highest BCUT2D eigenvalue weighted by molar-refractivity contribution is 6.01. The van der Waals surface area contributed by atoms with Gasteiger partial charge in [-0.05, 0) is 48.7 Å². The van der Waals surface area contributed by atoms with Crippen molar-refractivity contribution >= 4 is 22.5 Å². The minimum Gasteiger partial charge on any atom is -0.378 e. The van der Waals surface area contributed by atoms with Gasteiger partial charge in [0.2, 0.25) is 0 Å². The van der Waals surface area contributed by atoms with E-state index in [0.717, 1.165) is 61.6 Å². The van der Waals surface area contributed by atoms with E-state index in [2.05, 4.69) is 63.4 Å². The number of anilines is 1. The molecule has 7 nitrogen and oxygen atoms in total. The minimum absolute atomic E-state index is 0.231. The molecule has 0 spiro atoms. The van der Waals surface area contributed by atoms with Gasteiger partial charge in [-0.2, -0.15) is 5.10 Å². The number of ether oxygens (including phenoxy) is 1. The highest BCUT2D eigenvalue weighted by Crippen LogP contribution is 2.30. The second-order valence-electron chi connectivity index (χ2n) is 11.3. The van der Waals surface area contributed by atoms with Crippen LogP contribution in [0.15, 0.2) is 66.7 Å². The number of hydrogen-bond donors (Lipinski definition) is 2. The normalized spacial score (nSPS) is 17.2. The molecule has 0 radical (unpaired) electrons. The fraction of sp³-hybridized carbons (Fsp3) is 0.375. The number of aromatic nitrogens is 2. The molecule has 2 N–H and O–H groups in total. The third-order valence-electron chi connectivity index (χ3n) is 8.08. The maximum absolute atomic E-state index is 14.6. The Kier molecular flexibility index (Phi) is 7.54. The molecule has 3 aromatic carbocycles. The Hall–Kier alpha value is -3.75. The Balaban J connectivity index is 1.19. The Bertz CT molecular complexity index is 1470. The zero-order chi connectivity index (χ0) is 27.6. The summed E-state index contributed by atoms with van der Waals surface area (Å²) in [4.78, 5) is 18.3. The lowest BCUT2D eigenvalue weighted by Crippen LogP contribution is -2.56. The first-order valence-electron chi connectivity index (χ1n) is 14.2. The molecule has 6 rings (SSSR count). The summed E-state index contributed by atoms with van der Waals surface area (Å²) in [7, 11) is 0. The van der Waals surface area contributed by atoms with Crippen LogP contribution in [0.25, 0.3) is 22.2 Å². The number of rotatable bonds is 8. The van der Waals surface area contributed by atoms with Crippen LogP contribution < -0.4 is 10.2 Å². The molecule has 0 unspecified atom stereocenters. The van der Waals surface area contributed by atoms with E-state index in [1.165, 1.54) is 11.8 Å². The van der Waals surface area contributed by atoms with Crippen molar-refractivity contribution in [2.24, 2.45) is 5.92 Å². The van der Waals surface area contributed by atoms with Crippen LogP contribution >= 0.6 is 0 Å². The predicted octanol–water partition coefficient (Wildman–Crippen LogP) is 5.41. The van der Waals surface area contributed by atoms with Gasteiger partial charge < -0.3 is 15.0 Å². The molecule has 1 aromatic heterocycles. The third-order valence-corrected chi connectivity index (χ3v) is 8.08. The highest BCUT2D eigenvalue weighted by atomic mass is 19.1. The van der Waals surface area contributed by atoms with E-state index < -0.39 is 6.04 Å². The molecular weight excluding hydrogens is 505 g/mol. The maximum Gasteiger partial charge on any atom is 0.251 e. The number of fused-ring (bicyclic) bond motifs is 1. The Morgan fingerprint density at radius 2 is 1.80 bits per heavy atom. The molecule has 1 atom stereocenters. The molecule has 0 aliphatic carbocycles. The Labute approximate surface area is 234 Å². The second kappa shape index (κ2) is 11.4. The van der Waals surface area contributed by atoms with Crippen LogP contribution in [0, 0.1) is 11.7 Å². The molecule has 2 aliphatic heterocycles. The van der Waals surface area contributed by atoms with Gasteiger partial charge in [-0.25, -0.2) is 4.39 Å². The Morgan fingerprint density at radius 1 is 1.05 bits per heavy atom. The molecule has 2 fully saturated rings. The van der Waals surface area contributed by atoms with Gasteiger partial charge in [0.25, 0.3) is 5.91 Å². The third kappa shape index (κ3) is 5.46. The van der Waals surface area contributed by atoms with E-state index in [4.69, 9.17) is 4.74 Å². The van der Waals surface area contributed by atoms with Crippen LogP contribution in [-0.2, 0) is 4.74 Å². The quantitative estimate of drug-likeness (QED) is 0.312. The minimum atomic E-state index is -0.412. The van der Waals surface area contributed by atoms with E-state index in [1.807, 2.05) is 12.1 Å². The summed E-state index contributed by atoms with van der Waals surface area (Å²) in [5, 5.41) is 11.6. The van der Waals surface area contributed by atoms with Crippen molar-refractivity contribution in [2.45, 2.75) is 32.4 Å². The van der Waals surface area contributed by atoms with Crippen molar-refractivity contribution in [3.63, 3.8) is 0 Å². The zero-order valence-corrected chi connectivity index (χ0v) is 23.1. The summed E-state index contributed by atoms with van der Waals surface area (Å²) in [5.41, 5.74) is 4.89. The van der Waals surface area contributed by atoms with Gasteiger partial charge in [0.15, 0.2) is 0 Å². The van der Waals surface area contributed by atoms with Crippen molar-refractivity contribution in [1.29, 1.82) is 0 Å². The van der Waals surface area contributed by atoms with Crippen molar-refractivity contribution < 1.29 is 13.9 Å². The predicted molar refractivity (Wildman–Crippen MR) is 156 cm³/mol. The Morgan fingerprint density at radius 3 is 2.48 bits per heavy atom. The van der Waals surface area contributed by atoms with E-state index in [-0.39, 0.29) is 17.6 Å². The van der Waals surface area contributed by atoms with E-state index >= 15 is 0 Å². The summed E-state index contributed by atoms with van der Waals surface area (Å²) >= 11 is 0. The first kappa shape index (κ1) is 26.5. The highest BCUT2D eigenvalue weighted by Gasteiger charge is 2.29. The largest absolute Gasteiger partial charge is 0.378 e. The summed E-state index contributed by atoms with van der Waals surface area (Å²) in [6.07, 6.45) is 0.641. The number of carbonyl (C=O) groups is 1. The summed E-state index contributed by atoms with van der Waals surface area (Å²) in [6, 6.07) is 20.9. The molecule has 0 saturated carbocycles. The molecule has 2 aliphatic rings. The van der Waals surface area contributed by atoms with Gasteiger partial charge in [-0.15, -0.1) is 0 Å². The summed E-state index contributed by atoms with van der Waals surface area (Å²) < 4.78 is 19.9. The number of hydrogen-bond acceptors (Lipinski definition) is 5. The molecule has 4 aromatic rings. The molecule has 0 bridgehead atoms. The number of nitrogens with zero attached hydrogens (tertiary/aromatic N) is 3. The topological polar surface area (TPSA) is 73.5 Å². The van der Waals surface area contributed by atoms with E-state index in [1.54, 1.807) is 24.3 Å². The van der Waals surface area contributed by atoms with Crippen LogP contribution in [0.2, 0.25) is 0 Å². The van der Waals surface area contributed by atoms with Crippen molar-refractivity contribution in [3.05, 3.63) is 83.7 Å². The lowest BCUT2D eigenvalue weighted by Gasteiger charge is -2.43. The SMILES string of the molecule is CC(C)C[C@H](NC(=O)c1ccc2[nH]nc(-c3ccc(N4CCN(C5COC5)CC4)cc3)c2c1)c1ccccc1F. The molecule has 1 amide bonds. The average molecular weight is 542 g/mol. The van der Waals surface area contributed by atoms with Gasteiger partial charge >= 0.3 is 0 Å². The lowest BCUT2D eigenvalue weighted by atomic mass is 9.96. The average Bonchev–Trinajstić information content (AvgIpc) is 3.36. The first-order valence-corrected chi connectivity index (χ1v) is 14.2. The molecule has 40 heavy (non-hydrogen) atoms. The molecule has 208 valence electrons. The van der Waals surface area contributed by atoms with Gasteiger partial charge in [0, 0.05) is 53.9 Å². The van der Waals surface area contributed by atoms with Gasteiger partial charge in [-0.3, -0.25) is 14.8 Å². The monoisotopic (exact) mass is 541 g/mol. The second-order valence-corrected chi connectivity index (χ2v) is 11.3. The van der Waals surface area contributed by atoms with E-state index in [0.29, 0.717) is 23.6 Å². The lowest BCUT2D eigenvalue weighted by molar-refractivity contribution is -0.0660. The number of halogens is 1. The number of piperazine rings is 1. The van der Waals surface area contributed by atoms with Crippen LogP contribution in [0.4, 0.5) is 10.1 Å². The zero-order valence-electron chi connectivity index (χ0n) is 23.1. The number of H-pyrrole nitrogens is 1. The van der Waals surface area contributed by atoms with Crippen LogP contribution in [0.3, 0.4) is 0 Å². The van der Waals surface area contributed by atoms with Crippen molar-refractivity contribution in [3.8, 4) is 11.3 Å². The summed E-state index contributed by atoms with van der Waals surface area (Å²) in [5.74, 6) is -0.248. The number of aromatic amines is 1. The number of amides is 1. The van der Waals surface area contributed by atoms with Gasteiger partial charge in [0.1, 0.15) is 5.82 Å². The fourth-order valence-electron chi connectivity index (χ4n) is 5.72. The van der Waals surface area contributed by atoms with E-state index in [9.17, 15) is 9.18 Å². The smallest absolute Gasteiger partial charge is 0.251 e. The molecular formula is C32H36FN5O2. The molecule has 2 saturated heterocycles. The maximum atomic E-state index is 14.6. The van der Waals surface area contributed by atoms with Gasteiger partial charge in [-0.1, -0.05) is 44.2 Å². The van der Waals surface area contributed by atoms with Crippen LogP contribution in [0.1, 0.15) is 42.2 Å². The number of benzene rings is 3. The fourth-order valence-corrected chi connectivity index (χ4v) is 5.72. The van der Waals surface area contributed by atoms with Crippen molar-refractivity contribution in [1.82, 2.24) is 20.4 Å². The summed E-state index contributed by atoms with van der Waals surface area (Å²) in [6.45, 7) is 9.98. The van der Waals surface area contributed by atoms with Crippen LogP contribution in [0.5, 0.6) is 0 Å². The van der Waals surface area contributed by atoms with Crippen molar-refractivity contribution in [2.75, 3.05) is 44.3 Å². The van der Waals surface area contributed by atoms with Crippen LogP contribution in [-0.4, -0.2) is 66.4 Å². The molecule has 3 heterocycles.